The lowest BCUT2D eigenvalue weighted by Crippen LogP contribution is -2.35. The molecule has 1 aliphatic heterocycles. The van der Waals surface area contributed by atoms with Gasteiger partial charge < -0.3 is 9.84 Å². The lowest BCUT2D eigenvalue weighted by atomic mass is 10.1. The quantitative estimate of drug-likeness (QED) is 0.531. The van der Waals surface area contributed by atoms with Crippen molar-refractivity contribution in [3.05, 3.63) is 59.4 Å². The van der Waals surface area contributed by atoms with Crippen molar-refractivity contribution in [2.75, 3.05) is 18.4 Å². The molecule has 2 heterocycles. The molecule has 180 valence electrons. The van der Waals surface area contributed by atoms with Gasteiger partial charge in [-0.05, 0) is 49.1 Å². The highest BCUT2D eigenvalue weighted by molar-refractivity contribution is 7.89. The van der Waals surface area contributed by atoms with Gasteiger partial charge in [0.05, 0.1) is 22.6 Å². The van der Waals surface area contributed by atoms with Gasteiger partial charge in [-0.2, -0.15) is 9.29 Å². The van der Waals surface area contributed by atoms with Crippen LogP contribution in [-0.2, 0) is 21.2 Å². The first-order valence-electron chi connectivity index (χ1n) is 11.6. The van der Waals surface area contributed by atoms with Crippen LogP contribution in [0.15, 0.2) is 51.9 Å². The molecule has 1 N–H and O–H groups in total. The molecule has 34 heavy (non-hydrogen) atoms. The van der Waals surface area contributed by atoms with Gasteiger partial charge in [0, 0.05) is 19.0 Å². The smallest absolute Gasteiger partial charge is 0.260 e. The van der Waals surface area contributed by atoms with Crippen LogP contribution >= 0.6 is 0 Å². The first-order chi connectivity index (χ1) is 16.3. The topological polar surface area (TPSA) is 105 Å². The van der Waals surface area contributed by atoms with Gasteiger partial charge in [0.1, 0.15) is 0 Å². The van der Waals surface area contributed by atoms with E-state index in [1.165, 1.54) is 0 Å². The third-order valence-electron chi connectivity index (χ3n) is 5.97. The summed E-state index contributed by atoms with van der Waals surface area (Å²) in [4.78, 5) is 17.6. The van der Waals surface area contributed by atoms with Gasteiger partial charge in [-0.25, -0.2) is 8.42 Å². The number of nitrogens with one attached hydrogen (secondary N) is 1. The summed E-state index contributed by atoms with van der Waals surface area (Å²) in [6.45, 7) is 6.99. The van der Waals surface area contributed by atoms with E-state index in [9.17, 15) is 13.2 Å². The first-order valence-corrected chi connectivity index (χ1v) is 13.0. The maximum absolute atomic E-state index is 12.9. The number of benzene rings is 2. The normalized spacial score (nSPS) is 14.9. The van der Waals surface area contributed by atoms with E-state index in [2.05, 4.69) is 15.5 Å². The van der Waals surface area contributed by atoms with Gasteiger partial charge in [0.2, 0.25) is 15.9 Å². The predicted octanol–water partition coefficient (Wildman–Crippen LogP) is 4.52. The number of carbonyl (C=O) groups is 1. The third kappa shape index (κ3) is 5.20. The van der Waals surface area contributed by atoms with E-state index in [0.29, 0.717) is 36.1 Å². The highest BCUT2D eigenvalue weighted by atomic mass is 32.2. The summed E-state index contributed by atoms with van der Waals surface area (Å²) >= 11 is 0. The number of piperidine rings is 1. The van der Waals surface area contributed by atoms with Crippen molar-refractivity contribution < 1.29 is 17.7 Å². The maximum atomic E-state index is 12.9. The second-order valence-electron chi connectivity index (χ2n) is 8.94. The molecule has 1 aromatic heterocycles. The minimum atomic E-state index is -3.49. The van der Waals surface area contributed by atoms with Gasteiger partial charge in [-0.15, -0.1) is 0 Å². The molecule has 3 aromatic rings. The number of anilines is 1. The fraction of sp³-hybridized carbons (Fsp3) is 0.400. The zero-order chi connectivity index (χ0) is 24.3. The van der Waals surface area contributed by atoms with E-state index in [0.717, 1.165) is 30.4 Å². The Morgan fingerprint density at radius 3 is 2.44 bits per heavy atom. The predicted molar refractivity (Wildman–Crippen MR) is 130 cm³/mol. The first kappa shape index (κ1) is 24.1. The second kappa shape index (κ2) is 10.1. The number of amides is 1. The molecule has 0 unspecified atom stereocenters. The Morgan fingerprint density at radius 2 is 1.79 bits per heavy atom. The van der Waals surface area contributed by atoms with E-state index < -0.39 is 10.0 Å². The number of rotatable bonds is 7. The molecule has 0 aliphatic carbocycles. The molecule has 0 spiro atoms. The fourth-order valence-corrected chi connectivity index (χ4v) is 5.51. The summed E-state index contributed by atoms with van der Waals surface area (Å²) in [6, 6.07) is 12.2. The Hall–Kier alpha value is -3.04. The summed E-state index contributed by atoms with van der Waals surface area (Å²) in [7, 11) is -3.49. The van der Waals surface area contributed by atoms with Crippen molar-refractivity contribution in [3.63, 3.8) is 0 Å². The number of hydrogen-bond acceptors (Lipinski definition) is 6. The SMILES string of the molecule is Cc1cccc(-c2nc(C(C)C)no2)c1NC(=O)Cc1ccc(S(=O)(=O)N2CCCCC2)cc1. The number of carbonyl (C=O) groups excluding carboxylic acids is 1. The number of sulfonamides is 1. The van der Waals surface area contributed by atoms with Gasteiger partial charge in [0.25, 0.3) is 5.89 Å². The molecule has 1 fully saturated rings. The Balaban J connectivity index is 1.48. The van der Waals surface area contributed by atoms with Crippen LogP contribution in [0.3, 0.4) is 0 Å². The van der Waals surface area contributed by atoms with Crippen molar-refractivity contribution in [2.45, 2.75) is 57.3 Å². The standard InChI is InChI=1S/C25H30N4O4S/c1-17(2)24-27-25(33-28-24)21-9-7-8-18(3)23(21)26-22(30)16-19-10-12-20(13-11-19)34(31,32)29-14-5-4-6-15-29/h7-13,17H,4-6,14-16H2,1-3H3,(H,26,30). The van der Waals surface area contributed by atoms with E-state index >= 15 is 0 Å². The van der Waals surface area contributed by atoms with E-state index in [4.69, 9.17) is 4.52 Å². The van der Waals surface area contributed by atoms with Crippen LogP contribution in [0.2, 0.25) is 0 Å². The summed E-state index contributed by atoms with van der Waals surface area (Å²) < 4.78 is 32.7. The molecule has 9 heteroatoms. The summed E-state index contributed by atoms with van der Waals surface area (Å²) in [5.41, 5.74) is 2.88. The minimum Gasteiger partial charge on any atom is -0.334 e. The molecule has 0 radical (unpaired) electrons. The lowest BCUT2D eigenvalue weighted by Gasteiger charge is -2.25. The molecule has 2 aromatic carbocycles. The molecular weight excluding hydrogens is 452 g/mol. The number of para-hydroxylation sites is 1. The van der Waals surface area contributed by atoms with Gasteiger partial charge in [-0.3, -0.25) is 4.79 Å². The fourth-order valence-electron chi connectivity index (χ4n) is 3.99. The largest absolute Gasteiger partial charge is 0.334 e. The average Bonchev–Trinajstić information content (AvgIpc) is 3.32. The highest BCUT2D eigenvalue weighted by Crippen LogP contribution is 2.31. The van der Waals surface area contributed by atoms with Crippen molar-refractivity contribution >= 4 is 21.6 Å². The summed E-state index contributed by atoms with van der Waals surface area (Å²) in [5, 5.41) is 6.99. The van der Waals surface area contributed by atoms with Crippen LogP contribution in [0.25, 0.3) is 11.5 Å². The van der Waals surface area contributed by atoms with Crippen molar-refractivity contribution in [1.29, 1.82) is 0 Å². The number of aromatic nitrogens is 2. The van der Waals surface area contributed by atoms with E-state index in [-0.39, 0.29) is 23.1 Å². The highest BCUT2D eigenvalue weighted by Gasteiger charge is 2.26. The maximum Gasteiger partial charge on any atom is 0.260 e. The molecule has 4 rings (SSSR count). The van der Waals surface area contributed by atoms with Crippen LogP contribution in [0.1, 0.15) is 56.0 Å². The van der Waals surface area contributed by atoms with E-state index in [1.807, 2.05) is 39.0 Å². The molecule has 1 aliphatic rings. The monoisotopic (exact) mass is 482 g/mol. The molecule has 0 atom stereocenters. The average molecular weight is 483 g/mol. The summed E-state index contributed by atoms with van der Waals surface area (Å²) in [6.07, 6.45) is 2.95. The zero-order valence-corrected chi connectivity index (χ0v) is 20.6. The van der Waals surface area contributed by atoms with Crippen molar-refractivity contribution in [1.82, 2.24) is 14.4 Å². The molecule has 0 saturated carbocycles. The Bertz CT molecular complexity index is 1260. The lowest BCUT2D eigenvalue weighted by molar-refractivity contribution is -0.115. The zero-order valence-electron chi connectivity index (χ0n) is 19.7. The van der Waals surface area contributed by atoms with Crippen LogP contribution in [-0.4, -0.2) is 41.9 Å². The Labute approximate surface area is 200 Å². The van der Waals surface area contributed by atoms with Crippen LogP contribution in [0, 0.1) is 6.92 Å². The Morgan fingerprint density at radius 1 is 1.09 bits per heavy atom. The molecule has 8 nitrogen and oxygen atoms in total. The Kier molecular flexibility index (Phi) is 7.13. The van der Waals surface area contributed by atoms with Gasteiger partial charge in [0.15, 0.2) is 5.82 Å². The number of hydrogen-bond donors (Lipinski definition) is 1. The van der Waals surface area contributed by atoms with Crippen LogP contribution in [0.4, 0.5) is 5.69 Å². The van der Waals surface area contributed by atoms with Gasteiger partial charge >= 0.3 is 0 Å². The van der Waals surface area contributed by atoms with Crippen molar-refractivity contribution in [3.8, 4) is 11.5 Å². The minimum absolute atomic E-state index is 0.110. The summed E-state index contributed by atoms with van der Waals surface area (Å²) in [5.74, 6) is 0.871. The second-order valence-corrected chi connectivity index (χ2v) is 10.9. The van der Waals surface area contributed by atoms with Crippen LogP contribution in [0.5, 0.6) is 0 Å². The number of aryl methyl sites for hydroxylation is 1. The molecule has 0 bridgehead atoms. The molecule has 1 saturated heterocycles. The van der Waals surface area contributed by atoms with E-state index in [1.54, 1.807) is 28.6 Å². The van der Waals surface area contributed by atoms with Gasteiger partial charge in [-0.1, -0.05) is 49.7 Å². The van der Waals surface area contributed by atoms with Crippen molar-refractivity contribution in [2.24, 2.45) is 0 Å². The molecule has 1 amide bonds. The van der Waals surface area contributed by atoms with Crippen LogP contribution < -0.4 is 5.32 Å². The molecular formula is C25H30N4O4S. The third-order valence-corrected chi connectivity index (χ3v) is 7.88. The number of nitrogens with zero attached hydrogens (tertiary/aromatic N) is 3.